The van der Waals surface area contributed by atoms with Gasteiger partial charge in [0.15, 0.2) is 11.2 Å². The molecule has 118 valence electrons. The first-order valence-corrected chi connectivity index (χ1v) is 7.27. The average Bonchev–Trinajstić information content (AvgIpc) is 2.72. The van der Waals surface area contributed by atoms with Crippen LogP contribution in [0.5, 0.6) is 0 Å². The van der Waals surface area contributed by atoms with Crippen LogP contribution < -0.4 is 5.69 Å². The number of aromatic nitrogens is 4. The molecule has 1 saturated heterocycles. The number of aryl methyl sites for hydroxylation is 1. The van der Waals surface area contributed by atoms with E-state index in [2.05, 4.69) is 9.97 Å². The van der Waals surface area contributed by atoms with Crippen molar-refractivity contribution < 1.29 is 9.90 Å². The van der Waals surface area contributed by atoms with Gasteiger partial charge in [0, 0.05) is 20.1 Å². The molecule has 9 heteroatoms. The van der Waals surface area contributed by atoms with E-state index in [4.69, 9.17) is 11.6 Å². The standard InChI is InChI=1S/C13H16ClN5O3/c1-17-5-3-13(4-6-17,10(20)21)19-9-8(18(2)12(19)22)7-15-11(14)16-9/h7H,3-6H2,1-2H3,(H,20,21). The third-order valence-electron chi connectivity index (χ3n) is 4.41. The molecule has 0 radical (unpaired) electrons. The Morgan fingerprint density at radius 1 is 1.36 bits per heavy atom. The van der Waals surface area contributed by atoms with Crippen LogP contribution in [-0.2, 0) is 17.4 Å². The summed E-state index contributed by atoms with van der Waals surface area (Å²) in [6.45, 7) is 1.18. The van der Waals surface area contributed by atoms with Gasteiger partial charge in [-0.25, -0.2) is 14.6 Å². The zero-order chi connectivity index (χ0) is 16.1. The van der Waals surface area contributed by atoms with Gasteiger partial charge >= 0.3 is 11.7 Å². The number of hydrogen-bond acceptors (Lipinski definition) is 5. The summed E-state index contributed by atoms with van der Waals surface area (Å²) < 4.78 is 2.62. The van der Waals surface area contributed by atoms with Crippen LogP contribution in [0.15, 0.2) is 11.0 Å². The van der Waals surface area contributed by atoms with Crippen LogP contribution in [0.3, 0.4) is 0 Å². The number of nitrogens with zero attached hydrogens (tertiary/aromatic N) is 5. The van der Waals surface area contributed by atoms with Crippen molar-refractivity contribution >= 4 is 28.7 Å². The van der Waals surface area contributed by atoms with Gasteiger partial charge < -0.3 is 10.0 Å². The number of fused-ring (bicyclic) bond motifs is 1. The van der Waals surface area contributed by atoms with Crippen LogP contribution in [0.25, 0.3) is 11.2 Å². The smallest absolute Gasteiger partial charge is 0.331 e. The lowest BCUT2D eigenvalue weighted by molar-refractivity contribution is -0.150. The second kappa shape index (κ2) is 5.06. The molecule has 0 amide bonds. The van der Waals surface area contributed by atoms with Crippen molar-refractivity contribution in [3.63, 3.8) is 0 Å². The molecule has 0 unspecified atom stereocenters. The minimum atomic E-state index is -1.30. The van der Waals surface area contributed by atoms with E-state index in [9.17, 15) is 14.7 Å². The molecule has 1 aliphatic rings. The molecule has 0 bridgehead atoms. The first kappa shape index (κ1) is 15.0. The van der Waals surface area contributed by atoms with Crippen LogP contribution in [0.2, 0.25) is 5.28 Å². The lowest BCUT2D eigenvalue weighted by atomic mass is 9.87. The van der Waals surface area contributed by atoms with Crippen molar-refractivity contribution in [2.45, 2.75) is 18.4 Å². The van der Waals surface area contributed by atoms with Gasteiger partial charge in [-0.3, -0.25) is 9.13 Å². The molecule has 22 heavy (non-hydrogen) atoms. The maximum Gasteiger partial charge on any atom is 0.331 e. The molecular weight excluding hydrogens is 310 g/mol. The van der Waals surface area contributed by atoms with Gasteiger partial charge in [0.2, 0.25) is 5.28 Å². The van der Waals surface area contributed by atoms with Gasteiger partial charge in [-0.05, 0) is 31.5 Å². The summed E-state index contributed by atoms with van der Waals surface area (Å²) in [5, 5.41) is 9.81. The van der Waals surface area contributed by atoms with Crippen molar-refractivity contribution in [1.29, 1.82) is 0 Å². The van der Waals surface area contributed by atoms with E-state index < -0.39 is 17.2 Å². The van der Waals surface area contributed by atoms with Crippen LogP contribution in [0, 0.1) is 0 Å². The number of piperidine rings is 1. The number of halogens is 1. The second-order valence-electron chi connectivity index (χ2n) is 5.66. The first-order valence-electron chi connectivity index (χ1n) is 6.89. The lowest BCUT2D eigenvalue weighted by Crippen LogP contribution is -2.53. The SMILES string of the molecule is CN1CCC(C(=O)O)(n2c(=O)n(C)c3cnc(Cl)nc32)CC1. The number of hydrogen-bond donors (Lipinski definition) is 1. The molecule has 2 aromatic rings. The summed E-state index contributed by atoms with van der Waals surface area (Å²) in [6.07, 6.45) is 2.10. The largest absolute Gasteiger partial charge is 0.479 e. The highest BCUT2D eigenvalue weighted by Gasteiger charge is 2.45. The molecule has 1 aliphatic heterocycles. The minimum Gasteiger partial charge on any atom is -0.479 e. The van der Waals surface area contributed by atoms with E-state index in [1.807, 2.05) is 11.9 Å². The van der Waals surface area contributed by atoms with Gasteiger partial charge in [-0.2, -0.15) is 4.98 Å². The Balaban J connectivity index is 2.31. The van der Waals surface area contributed by atoms with Crippen molar-refractivity contribution in [1.82, 2.24) is 24.0 Å². The molecule has 0 saturated carbocycles. The molecule has 0 atom stereocenters. The summed E-state index contributed by atoms with van der Waals surface area (Å²) in [5.74, 6) is -1.02. The Labute approximate surface area is 130 Å². The third kappa shape index (κ3) is 2.02. The van der Waals surface area contributed by atoms with Crippen LogP contribution in [-0.4, -0.2) is 55.2 Å². The summed E-state index contributed by atoms with van der Waals surface area (Å²) in [5.41, 5.74) is -0.993. The third-order valence-corrected chi connectivity index (χ3v) is 4.59. The summed E-state index contributed by atoms with van der Waals surface area (Å²) in [6, 6.07) is 0. The van der Waals surface area contributed by atoms with Crippen LogP contribution >= 0.6 is 11.6 Å². The highest BCUT2D eigenvalue weighted by Crippen LogP contribution is 2.31. The van der Waals surface area contributed by atoms with Gasteiger partial charge in [-0.1, -0.05) is 0 Å². The molecule has 0 aromatic carbocycles. The number of aliphatic carboxylic acids is 1. The summed E-state index contributed by atoms with van der Waals surface area (Å²) in [4.78, 5) is 34.7. The predicted octanol–water partition coefficient (Wildman–Crippen LogP) is 0.289. The fraction of sp³-hybridized carbons (Fsp3) is 0.538. The molecular formula is C13H16ClN5O3. The number of carbonyl (C=O) groups is 1. The van der Waals surface area contributed by atoms with Gasteiger partial charge in [0.1, 0.15) is 5.52 Å². The van der Waals surface area contributed by atoms with E-state index in [0.717, 1.165) is 0 Å². The fourth-order valence-electron chi connectivity index (χ4n) is 3.00. The molecule has 0 spiro atoms. The van der Waals surface area contributed by atoms with E-state index >= 15 is 0 Å². The van der Waals surface area contributed by atoms with Gasteiger partial charge in [0.05, 0.1) is 6.20 Å². The Kier molecular flexibility index (Phi) is 3.45. The number of likely N-dealkylation sites (tertiary alicyclic amines) is 1. The lowest BCUT2D eigenvalue weighted by Gasteiger charge is -2.37. The summed E-state index contributed by atoms with van der Waals surface area (Å²) in [7, 11) is 3.50. The molecule has 8 nitrogen and oxygen atoms in total. The minimum absolute atomic E-state index is 0.0136. The maximum atomic E-state index is 12.6. The maximum absolute atomic E-state index is 12.6. The highest BCUT2D eigenvalue weighted by atomic mass is 35.5. The molecule has 2 aromatic heterocycles. The molecule has 1 fully saturated rings. The van der Waals surface area contributed by atoms with Crippen LogP contribution in [0.1, 0.15) is 12.8 Å². The second-order valence-corrected chi connectivity index (χ2v) is 6.00. The molecule has 0 aliphatic carbocycles. The Morgan fingerprint density at radius 3 is 2.59 bits per heavy atom. The molecule has 3 heterocycles. The van der Waals surface area contributed by atoms with Crippen molar-refractivity contribution in [3.8, 4) is 0 Å². The predicted molar refractivity (Wildman–Crippen MR) is 80.1 cm³/mol. The highest BCUT2D eigenvalue weighted by molar-refractivity contribution is 6.28. The van der Waals surface area contributed by atoms with Crippen molar-refractivity contribution in [2.75, 3.05) is 20.1 Å². The Hall–Kier alpha value is -1.93. The van der Waals surface area contributed by atoms with E-state index in [0.29, 0.717) is 31.4 Å². The van der Waals surface area contributed by atoms with E-state index in [-0.39, 0.29) is 10.9 Å². The normalized spacial score (nSPS) is 18.7. The monoisotopic (exact) mass is 325 g/mol. The van der Waals surface area contributed by atoms with Gasteiger partial charge in [-0.15, -0.1) is 0 Å². The summed E-state index contributed by atoms with van der Waals surface area (Å²) >= 11 is 5.84. The number of imidazole rings is 1. The first-order chi connectivity index (χ1) is 10.4. The van der Waals surface area contributed by atoms with E-state index in [1.54, 1.807) is 7.05 Å². The quantitative estimate of drug-likeness (QED) is 0.798. The zero-order valence-corrected chi connectivity index (χ0v) is 13.0. The molecule has 1 N–H and O–H groups in total. The van der Waals surface area contributed by atoms with Crippen molar-refractivity contribution in [3.05, 3.63) is 22.0 Å². The number of rotatable bonds is 2. The number of carboxylic acids is 1. The fourth-order valence-corrected chi connectivity index (χ4v) is 3.13. The molecule has 3 rings (SSSR count). The Bertz CT molecular complexity index is 804. The van der Waals surface area contributed by atoms with Crippen molar-refractivity contribution in [2.24, 2.45) is 7.05 Å². The topological polar surface area (TPSA) is 93.2 Å². The Morgan fingerprint density at radius 2 is 2.00 bits per heavy atom. The number of carboxylic acid groups (broad SMARTS) is 1. The van der Waals surface area contributed by atoms with E-state index in [1.165, 1.54) is 15.3 Å². The zero-order valence-electron chi connectivity index (χ0n) is 12.3. The van der Waals surface area contributed by atoms with Crippen LogP contribution in [0.4, 0.5) is 0 Å². The average molecular weight is 326 g/mol. The van der Waals surface area contributed by atoms with Gasteiger partial charge in [0.25, 0.3) is 0 Å².